The third kappa shape index (κ3) is 3.73. The van der Waals surface area contributed by atoms with Crippen molar-refractivity contribution in [1.29, 1.82) is 0 Å². The Labute approximate surface area is 127 Å². The SMILES string of the molecule is COc1cc(C)ccc1C(=O)COc1ccc(Cl)c(F)c1. The van der Waals surface area contributed by atoms with Crippen molar-refractivity contribution in [2.75, 3.05) is 13.7 Å². The van der Waals surface area contributed by atoms with Crippen molar-refractivity contribution in [3.63, 3.8) is 0 Å². The molecule has 0 aliphatic carbocycles. The standard InChI is InChI=1S/C16H14ClFO3/c1-10-3-5-12(16(7-10)20-2)15(19)9-21-11-4-6-13(17)14(18)8-11/h3-8H,9H2,1-2H3. The Morgan fingerprint density at radius 1 is 1.24 bits per heavy atom. The topological polar surface area (TPSA) is 35.5 Å². The summed E-state index contributed by atoms with van der Waals surface area (Å²) >= 11 is 5.58. The largest absolute Gasteiger partial charge is 0.496 e. The van der Waals surface area contributed by atoms with Gasteiger partial charge in [-0.15, -0.1) is 0 Å². The van der Waals surface area contributed by atoms with E-state index >= 15 is 0 Å². The molecule has 0 radical (unpaired) electrons. The number of halogens is 2. The van der Waals surface area contributed by atoms with E-state index in [1.54, 1.807) is 12.1 Å². The highest BCUT2D eigenvalue weighted by molar-refractivity contribution is 6.30. The lowest BCUT2D eigenvalue weighted by molar-refractivity contribution is 0.0918. The number of methoxy groups -OCH3 is 1. The molecule has 21 heavy (non-hydrogen) atoms. The molecule has 0 fully saturated rings. The summed E-state index contributed by atoms with van der Waals surface area (Å²) in [5.74, 6) is -0.0982. The number of rotatable bonds is 5. The second kappa shape index (κ2) is 6.59. The molecular weight excluding hydrogens is 295 g/mol. The van der Waals surface area contributed by atoms with Crippen molar-refractivity contribution in [2.24, 2.45) is 0 Å². The number of aryl methyl sites for hydroxylation is 1. The van der Waals surface area contributed by atoms with Gasteiger partial charge in [0.1, 0.15) is 17.3 Å². The van der Waals surface area contributed by atoms with E-state index in [0.29, 0.717) is 11.3 Å². The van der Waals surface area contributed by atoms with Gasteiger partial charge in [-0.2, -0.15) is 0 Å². The molecule has 3 nitrogen and oxygen atoms in total. The Bertz CT molecular complexity index is 671. The lowest BCUT2D eigenvalue weighted by atomic mass is 10.1. The summed E-state index contributed by atoms with van der Waals surface area (Å²) < 4.78 is 23.7. The molecule has 110 valence electrons. The summed E-state index contributed by atoms with van der Waals surface area (Å²) in [6.45, 7) is 1.70. The molecule has 2 aromatic carbocycles. The monoisotopic (exact) mass is 308 g/mol. The minimum atomic E-state index is -0.588. The van der Waals surface area contributed by atoms with E-state index < -0.39 is 5.82 Å². The predicted molar refractivity (Wildman–Crippen MR) is 79.0 cm³/mol. The number of ether oxygens (including phenoxy) is 2. The van der Waals surface area contributed by atoms with E-state index in [9.17, 15) is 9.18 Å². The molecule has 0 bridgehead atoms. The first-order valence-corrected chi connectivity index (χ1v) is 6.64. The highest BCUT2D eigenvalue weighted by Gasteiger charge is 2.13. The third-order valence-electron chi connectivity index (χ3n) is 2.92. The van der Waals surface area contributed by atoms with Crippen LogP contribution >= 0.6 is 11.6 Å². The molecular formula is C16H14ClFO3. The van der Waals surface area contributed by atoms with E-state index in [-0.39, 0.29) is 23.2 Å². The Morgan fingerprint density at radius 3 is 2.67 bits per heavy atom. The Hall–Kier alpha value is -2.07. The summed E-state index contributed by atoms with van der Waals surface area (Å²) in [5.41, 5.74) is 1.42. The Morgan fingerprint density at radius 2 is 2.00 bits per heavy atom. The highest BCUT2D eigenvalue weighted by Crippen LogP contribution is 2.23. The van der Waals surface area contributed by atoms with Crippen LogP contribution in [-0.2, 0) is 0 Å². The van der Waals surface area contributed by atoms with Gasteiger partial charge in [0.05, 0.1) is 17.7 Å². The number of hydrogen-bond acceptors (Lipinski definition) is 3. The molecule has 0 amide bonds. The molecule has 0 aliphatic heterocycles. The van der Waals surface area contributed by atoms with Gasteiger partial charge < -0.3 is 9.47 Å². The van der Waals surface area contributed by atoms with Crippen LogP contribution in [0.2, 0.25) is 5.02 Å². The lowest BCUT2D eigenvalue weighted by Gasteiger charge is -2.10. The summed E-state index contributed by atoms with van der Waals surface area (Å²) in [6.07, 6.45) is 0. The van der Waals surface area contributed by atoms with Crippen molar-refractivity contribution in [3.05, 3.63) is 58.4 Å². The average Bonchev–Trinajstić information content (AvgIpc) is 2.48. The Balaban J connectivity index is 2.09. The molecule has 0 saturated carbocycles. The van der Waals surface area contributed by atoms with E-state index in [1.165, 1.54) is 19.2 Å². The first-order chi connectivity index (χ1) is 10.0. The fraction of sp³-hybridized carbons (Fsp3) is 0.188. The van der Waals surface area contributed by atoms with Crippen LogP contribution in [0.4, 0.5) is 4.39 Å². The maximum absolute atomic E-state index is 13.3. The zero-order chi connectivity index (χ0) is 15.4. The second-order valence-electron chi connectivity index (χ2n) is 4.49. The van der Waals surface area contributed by atoms with E-state index in [2.05, 4.69) is 0 Å². The zero-order valence-electron chi connectivity index (χ0n) is 11.7. The first-order valence-electron chi connectivity index (χ1n) is 6.27. The maximum atomic E-state index is 13.3. The third-order valence-corrected chi connectivity index (χ3v) is 3.22. The van der Waals surface area contributed by atoms with Gasteiger partial charge in [-0.3, -0.25) is 4.79 Å². The molecule has 0 atom stereocenters. The molecule has 0 aromatic heterocycles. The van der Waals surface area contributed by atoms with Gasteiger partial charge in [0.2, 0.25) is 5.78 Å². The summed E-state index contributed by atoms with van der Waals surface area (Å²) in [5, 5.41) is 0.00822. The predicted octanol–water partition coefficient (Wildman–Crippen LogP) is 4.06. The number of ketones is 1. The first kappa shape index (κ1) is 15.3. The van der Waals surface area contributed by atoms with Gasteiger partial charge >= 0.3 is 0 Å². The molecule has 0 aliphatic rings. The van der Waals surface area contributed by atoms with Crippen LogP contribution in [0.5, 0.6) is 11.5 Å². The quantitative estimate of drug-likeness (QED) is 0.781. The van der Waals surface area contributed by atoms with Crippen molar-refractivity contribution >= 4 is 17.4 Å². The van der Waals surface area contributed by atoms with Crippen LogP contribution in [0.25, 0.3) is 0 Å². The van der Waals surface area contributed by atoms with Crippen LogP contribution in [-0.4, -0.2) is 19.5 Å². The fourth-order valence-electron chi connectivity index (χ4n) is 1.82. The second-order valence-corrected chi connectivity index (χ2v) is 4.90. The molecule has 0 saturated heterocycles. The van der Waals surface area contributed by atoms with Gasteiger partial charge in [0.15, 0.2) is 6.61 Å². The van der Waals surface area contributed by atoms with E-state index in [4.69, 9.17) is 21.1 Å². The number of benzene rings is 2. The van der Waals surface area contributed by atoms with Crippen LogP contribution in [0.3, 0.4) is 0 Å². The number of hydrogen-bond donors (Lipinski definition) is 0. The van der Waals surface area contributed by atoms with Crippen molar-refractivity contribution < 1.29 is 18.7 Å². The van der Waals surface area contributed by atoms with Gasteiger partial charge in [0.25, 0.3) is 0 Å². The molecule has 0 spiro atoms. The minimum absolute atomic E-state index is 0.00822. The number of carbonyl (C=O) groups excluding carboxylic acids is 1. The number of carbonyl (C=O) groups is 1. The van der Waals surface area contributed by atoms with Crippen LogP contribution < -0.4 is 9.47 Å². The number of Topliss-reactive ketones (excluding diaryl/α,β-unsaturated/α-hetero) is 1. The Kier molecular flexibility index (Phi) is 4.81. The molecule has 0 N–H and O–H groups in total. The van der Waals surface area contributed by atoms with Gasteiger partial charge in [-0.05, 0) is 36.8 Å². The van der Waals surface area contributed by atoms with Gasteiger partial charge in [-0.1, -0.05) is 17.7 Å². The normalized spacial score (nSPS) is 10.3. The van der Waals surface area contributed by atoms with Crippen LogP contribution in [0.1, 0.15) is 15.9 Å². The highest BCUT2D eigenvalue weighted by atomic mass is 35.5. The molecule has 0 unspecified atom stereocenters. The van der Waals surface area contributed by atoms with E-state index in [0.717, 1.165) is 11.6 Å². The van der Waals surface area contributed by atoms with Crippen LogP contribution in [0, 0.1) is 12.7 Å². The van der Waals surface area contributed by atoms with Gasteiger partial charge in [-0.25, -0.2) is 4.39 Å². The molecule has 5 heteroatoms. The minimum Gasteiger partial charge on any atom is -0.496 e. The summed E-state index contributed by atoms with van der Waals surface area (Å²) in [4.78, 5) is 12.1. The molecule has 0 heterocycles. The van der Waals surface area contributed by atoms with Crippen molar-refractivity contribution in [3.8, 4) is 11.5 Å². The summed E-state index contributed by atoms with van der Waals surface area (Å²) in [7, 11) is 1.50. The maximum Gasteiger partial charge on any atom is 0.203 e. The van der Waals surface area contributed by atoms with Crippen molar-refractivity contribution in [1.82, 2.24) is 0 Å². The van der Waals surface area contributed by atoms with Crippen molar-refractivity contribution in [2.45, 2.75) is 6.92 Å². The average molecular weight is 309 g/mol. The fourth-order valence-corrected chi connectivity index (χ4v) is 1.94. The molecule has 2 aromatic rings. The lowest BCUT2D eigenvalue weighted by Crippen LogP contribution is -2.13. The summed E-state index contributed by atoms with van der Waals surface area (Å²) in [6, 6.07) is 9.30. The molecule has 2 rings (SSSR count). The smallest absolute Gasteiger partial charge is 0.203 e. The zero-order valence-corrected chi connectivity index (χ0v) is 12.4. The van der Waals surface area contributed by atoms with Crippen LogP contribution in [0.15, 0.2) is 36.4 Å². The van der Waals surface area contributed by atoms with E-state index in [1.807, 2.05) is 13.0 Å². The van der Waals surface area contributed by atoms with Gasteiger partial charge in [0, 0.05) is 6.07 Å².